The molecule has 2 heterocycles. The lowest BCUT2D eigenvalue weighted by Gasteiger charge is -2.21. The molecule has 0 saturated heterocycles. The summed E-state index contributed by atoms with van der Waals surface area (Å²) in [4.78, 5) is 27.5. The number of hydrogen-bond acceptors (Lipinski definition) is 4. The molecular weight excluding hydrogens is 378 g/mol. The van der Waals surface area contributed by atoms with Crippen LogP contribution in [0.2, 0.25) is 0 Å². The molecule has 7 nitrogen and oxygen atoms in total. The number of nitrogens with zero attached hydrogens (tertiary/aromatic N) is 4. The summed E-state index contributed by atoms with van der Waals surface area (Å²) in [5.74, 6) is -0.183. The Kier molecular flexibility index (Phi) is 5.27. The van der Waals surface area contributed by atoms with E-state index >= 15 is 0 Å². The number of benzene rings is 2. The Balaban J connectivity index is 1.54. The van der Waals surface area contributed by atoms with Gasteiger partial charge in [0.2, 0.25) is 0 Å². The number of hydrogen-bond donors (Lipinski definition) is 1. The predicted molar refractivity (Wildman–Crippen MR) is 119 cm³/mol. The molecule has 2 aromatic heterocycles. The molecule has 1 amide bonds. The van der Waals surface area contributed by atoms with E-state index in [4.69, 9.17) is 0 Å². The average Bonchev–Trinajstić information content (AvgIpc) is 3.27. The van der Waals surface area contributed by atoms with Gasteiger partial charge >= 0.3 is 0 Å². The zero-order chi connectivity index (χ0) is 21.3. The smallest absolute Gasteiger partial charge is 0.276 e. The fraction of sp³-hybridized carbons (Fsp3) is 0.261. The van der Waals surface area contributed by atoms with Crippen LogP contribution in [0, 0.1) is 0 Å². The summed E-state index contributed by atoms with van der Waals surface area (Å²) in [5.41, 5.74) is 4.51. The Morgan fingerprint density at radius 1 is 1.00 bits per heavy atom. The van der Waals surface area contributed by atoms with Crippen LogP contribution in [0.3, 0.4) is 0 Å². The Hall–Kier alpha value is -3.61. The highest BCUT2D eigenvalue weighted by Gasteiger charge is 2.12. The lowest BCUT2D eigenvalue weighted by Crippen LogP contribution is -2.24. The molecule has 0 radical (unpaired) electrons. The third kappa shape index (κ3) is 3.43. The van der Waals surface area contributed by atoms with Crippen molar-refractivity contribution in [2.75, 3.05) is 18.0 Å². The molecule has 2 aromatic carbocycles. The minimum absolute atomic E-state index is 0.147. The third-order valence-electron chi connectivity index (χ3n) is 5.51. The van der Waals surface area contributed by atoms with Gasteiger partial charge in [-0.25, -0.2) is 4.52 Å². The molecule has 0 atom stereocenters. The van der Waals surface area contributed by atoms with Crippen LogP contribution in [0.15, 0.2) is 59.5 Å². The Bertz CT molecular complexity index is 1270. The first-order valence-corrected chi connectivity index (χ1v) is 10.1. The minimum Gasteiger partial charge on any atom is -0.372 e. The Morgan fingerprint density at radius 3 is 2.43 bits per heavy atom. The van der Waals surface area contributed by atoms with Gasteiger partial charge in [0.25, 0.3) is 11.5 Å². The SMILES string of the molecule is CCN(CC)c1ccc(CNC(=O)c2ccc3c(c2)n(C)c(=O)c2ccnn23)cc1. The van der Waals surface area contributed by atoms with E-state index < -0.39 is 0 Å². The molecule has 30 heavy (non-hydrogen) atoms. The zero-order valence-electron chi connectivity index (χ0n) is 17.4. The van der Waals surface area contributed by atoms with Crippen molar-refractivity contribution in [3.05, 3.63) is 76.2 Å². The van der Waals surface area contributed by atoms with Crippen LogP contribution in [0.4, 0.5) is 5.69 Å². The molecule has 0 aliphatic heterocycles. The number of carbonyl (C=O) groups is 1. The summed E-state index contributed by atoms with van der Waals surface area (Å²) in [7, 11) is 1.71. The number of nitrogens with one attached hydrogen (secondary N) is 1. The molecule has 0 aliphatic rings. The summed E-state index contributed by atoms with van der Waals surface area (Å²) in [6.07, 6.45) is 1.60. The third-order valence-corrected chi connectivity index (χ3v) is 5.51. The number of anilines is 1. The lowest BCUT2D eigenvalue weighted by atomic mass is 10.1. The first kappa shape index (κ1) is 19.7. The van der Waals surface area contributed by atoms with E-state index in [0.717, 1.165) is 24.2 Å². The second-order valence-electron chi connectivity index (χ2n) is 7.22. The van der Waals surface area contributed by atoms with Gasteiger partial charge in [-0.1, -0.05) is 12.1 Å². The van der Waals surface area contributed by atoms with Crippen molar-refractivity contribution in [2.45, 2.75) is 20.4 Å². The monoisotopic (exact) mass is 403 g/mol. The van der Waals surface area contributed by atoms with Crippen molar-refractivity contribution < 1.29 is 4.79 Å². The molecule has 0 unspecified atom stereocenters. The zero-order valence-corrected chi connectivity index (χ0v) is 17.4. The fourth-order valence-corrected chi connectivity index (χ4v) is 3.75. The Morgan fingerprint density at radius 2 is 1.73 bits per heavy atom. The van der Waals surface area contributed by atoms with Crippen LogP contribution in [0.25, 0.3) is 16.6 Å². The van der Waals surface area contributed by atoms with Gasteiger partial charge in [0.15, 0.2) is 0 Å². The van der Waals surface area contributed by atoms with Gasteiger partial charge in [0.1, 0.15) is 5.52 Å². The largest absolute Gasteiger partial charge is 0.372 e. The van der Waals surface area contributed by atoms with Crippen molar-refractivity contribution in [1.29, 1.82) is 0 Å². The number of aryl methyl sites for hydroxylation is 1. The summed E-state index contributed by atoms with van der Waals surface area (Å²) >= 11 is 0. The summed E-state index contributed by atoms with van der Waals surface area (Å²) in [6.45, 7) is 6.62. The van der Waals surface area contributed by atoms with Crippen molar-refractivity contribution in [1.82, 2.24) is 19.5 Å². The molecule has 7 heteroatoms. The van der Waals surface area contributed by atoms with Crippen molar-refractivity contribution in [2.24, 2.45) is 7.05 Å². The van der Waals surface area contributed by atoms with Crippen LogP contribution >= 0.6 is 0 Å². The maximum Gasteiger partial charge on any atom is 0.276 e. The highest BCUT2D eigenvalue weighted by atomic mass is 16.1. The number of amides is 1. The Labute approximate surface area is 174 Å². The van der Waals surface area contributed by atoms with E-state index in [-0.39, 0.29) is 11.5 Å². The van der Waals surface area contributed by atoms with Gasteiger partial charge in [-0.2, -0.15) is 5.10 Å². The lowest BCUT2D eigenvalue weighted by molar-refractivity contribution is 0.0951. The molecular formula is C23H25N5O2. The second-order valence-corrected chi connectivity index (χ2v) is 7.22. The molecule has 0 saturated carbocycles. The van der Waals surface area contributed by atoms with Gasteiger partial charge in [-0.3, -0.25) is 9.59 Å². The maximum atomic E-state index is 12.7. The van der Waals surface area contributed by atoms with E-state index in [1.165, 1.54) is 5.69 Å². The molecule has 1 N–H and O–H groups in total. The van der Waals surface area contributed by atoms with Gasteiger partial charge in [0.05, 0.1) is 17.2 Å². The molecule has 4 rings (SSSR count). The summed E-state index contributed by atoms with van der Waals surface area (Å²) in [5, 5.41) is 7.19. The van der Waals surface area contributed by atoms with Crippen molar-refractivity contribution in [3.63, 3.8) is 0 Å². The van der Waals surface area contributed by atoms with Gasteiger partial charge in [-0.05, 0) is 55.8 Å². The normalized spacial score (nSPS) is 11.2. The summed E-state index contributed by atoms with van der Waals surface area (Å²) < 4.78 is 3.16. The van der Waals surface area contributed by atoms with E-state index in [0.29, 0.717) is 23.1 Å². The standard InChI is InChI=1S/C23H25N5O2/c1-4-27(5-2)18-9-6-16(7-10-18)15-24-22(29)17-8-11-19-21(14-17)26(3)23(30)20-12-13-25-28(19)20/h6-14H,4-5,15H2,1-3H3,(H,24,29). The van der Waals surface area contributed by atoms with E-state index in [1.54, 1.807) is 40.5 Å². The molecule has 0 fully saturated rings. The molecule has 0 bridgehead atoms. The van der Waals surface area contributed by atoms with Crippen LogP contribution in [0.1, 0.15) is 29.8 Å². The van der Waals surface area contributed by atoms with Crippen LogP contribution in [0.5, 0.6) is 0 Å². The molecule has 0 spiro atoms. The van der Waals surface area contributed by atoms with E-state index in [2.05, 4.69) is 41.3 Å². The van der Waals surface area contributed by atoms with Gasteiger partial charge in [0, 0.05) is 37.9 Å². The first-order valence-electron chi connectivity index (χ1n) is 10.1. The number of aromatic nitrogens is 3. The quantitative estimate of drug-likeness (QED) is 0.537. The topological polar surface area (TPSA) is 71.6 Å². The second kappa shape index (κ2) is 8.02. The minimum atomic E-state index is -0.183. The van der Waals surface area contributed by atoms with E-state index in [9.17, 15) is 9.59 Å². The van der Waals surface area contributed by atoms with Crippen molar-refractivity contribution in [3.8, 4) is 0 Å². The van der Waals surface area contributed by atoms with Crippen LogP contribution < -0.4 is 15.8 Å². The van der Waals surface area contributed by atoms with Crippen molar-refractivity contribution >= 4 is 28.1 Å². The van der Waals surface area contributed by atoms with Gasteiger partial charge < -0.3 is 14.8 Å². The van der Waals surface area contributed by atoms with E-state index in [1.807, 2.05) is 18.2 Å². The number of fused-ring (bicyclic) bond motifs is 3. The summed E-state index contributed by atoms with van der Waals surface area (Å²) in [6, 6.07) is 15.2. The van der Waals surface area contributed by atoms with Crippen LogP contribution in [-0.4, -0.2) is 33.2 Å². The van der Waals surface area contributed by atoms with Crippen LogP contribution in [-0.2, 0) is 13.6 Å². The number of carbonyl (C=O) groups excluding carboxylic acids is 1. The molecule has 4 aromatic rings. The van der Waals surface area contributed by atoms with Gasteiger partial charge in [-0.15, -0.1) is 0 Å². The first-order chi connectivity index (χ1) is 14.5. The highest BCUT2D eigenvalue weighted by molar-refractivity contribution is 5.97. The maximum absolute atomic E-state index is 12.7. The molecule has 0 aliphatic carbocycles. The predicted octanol–water partition coefficient (Wildman–Crippen LogP) is 2.96. The molecule has 154 valence electrons. The number of rotatable bonds is 6. The highest BCUT2D eigenvalue weighted by Crippen LogP contribution is 2.17. The fourth-order valence-electron chi connectivity index (χ4n) is 3.75. The average molecular weight is 403 g/mol.